The van der Waals surface area contributed by atoms with Gasteiger partial charge in [-0.25, -0.2) is 4.98 Å². The molecule has 0 radical (unpaired) electrons. The highest BCUT2D eigenvalue weighted by Crippen LogP contribution is 2.33. The smallest absolute Gasteiger partial charge is 0.138 e. The Morgan fingerprint density at radius 2 is 1.89 bits per heavy atom. The van der Waals surface area contributed by atoms with Gasteiger partial charge in [-0.3, -0.25) is 3.97 Å². The van der Waals surface area contributed by atoms with E-state index in [4.69, 9.17) is 17.8 Å². The number of fused-ring (bicyclic) bond motifs is 2. The standard InChI is InChI=1S/C23H25N3S/c1-4-7-17-9-10-18-15-21(26(27)20(18)13-17)23-19(8-5-2)25-12-11-16(6-3)14-22(25)24-23/h6,9-15,27H,3-5,7-8H2,1-2H3. The van der Waals surface area contributed by atoms with Crippen LogP contribution >= 0.6 is 12.8 Å². The van der Waals surface area contributed by atoms with Gasteiger partial charge in [0.05, 0.1) is 16.9 Å². The van der Waals surface area contributed by atoms with Crippen molar-refractivity contribution in [1.29, 1.82) is 0 Å². The van der Waals surface area contributed by atoms with Gasteiger partial charge in [-0.05, 0) is 48.2 Å². The summed E-state index contributed by atoms with van der Waals surface area (Å²) in [7, 11) is 0. The van der Waals surface area contributed by atoms with Crippen LogP contribution in [0.4, 0.5) is 0 Å². The van der Waals surface area contributed by atoms with Crippen LogP contribution < -0.4 is 0 Å². The van der Waals surface area contributed by atoms with Gasteiger partial charge in [0.1, 0.15) is 11.3 Å². The van der Waals surface area contributed by atoms with Crippen molar-refractivity contribution in [2.24, 2.45) is 0 Å². The molecule has 0 N–H and O–H groups in total. The van der Waals surface area contributed by atoms with Gasteiger partial charge >= 0.3 is 0 Å². The van der Waals surface area contributed by atoms with E-state index in [1.807, 2.05) is 10.0 Å². The molecule has 0 atom stereocenters. The topological polar surface area (TPSA) is 22.2 Å². The molecule has 0 spiro atoms. The zero-order chi connectivity index (χ0) is 19.0. The van der Waals surface area contributed by atoms with E-state index < -0.39 is 0 Å². The van der Waals surface area contributed by atoms with Gasteiger partial charge < -0.3 is 4.40 Å². The van der Waals surface area contributed by atoms with Crippen molar-refractivity contribution < 1.29 is 0 Å². The molecule has 0 unspecified atom stereocenters. The number of thiol groups is 1. The molecule has 4 aromatic rings. The zero-order valence-corrected chi connectivity index (χ0v) is 16.8. The Hall–Kier alpha value is -2.46. The van der Waals surface area contributed by atoms with E-state index in [0.29, 0.717) is 0 Å². The maximum Gasteiger partial charge on any atom is 0.138 e. The highest BCUT2D eigenvalue weighted by molar-refractivity contribution is 7.78. The molecule has 3 aromatic heterocycles. The summed E-state index contributed by atoms with van der Waals surface area (Å²) in [5, 5.41) is 1.20. The molecule has 0 saturated heterocycles. The molecule has 0 aliphatic rings. The summed E-state index contributed by atoms with van der Waals surface area (Å²) in [6.07, 6.45) is 8.23. The average Bonchev–Trinajstić information content (AvgIpc) is 3.20. The van der Waals surface area contributed by atoms with E-state index in [1.54, 1.807) is 0 Å². The van der Waals surface area contributed by atoms with Crippen LogP contribution in [-0.2, 0) is 12.8 Å². The van der Waals surface area contributed by atoms with Gasteiger partial charge in [-0.15, -0.1) is 0 Å². The second kappa shape index (κ2) is 7.28. The predicted molar refractivity (Wildman–Crippen MR) is 119 cm³/mol. The fraction of sp³-hybridized carbons (Fsp3) is 0.261. The third-order valence-electron chi connectivity index (χ3n) is 5.10. The van der Waals surface area contributed by atoms with Crippen LogP contribution in [0.15, 0.2) is 49.2 Å². The average molecular weight is 376 g/mol. The summed E-state index contributed by atoms with van der Waals surface area (Å²) in [4.78, 5) is 4.97. The SMILES string of the molecule is C=Cc1ccn2c(CCC)c(-c3cc4ccc(CCC)cc4n3S)nc2c1. The van der Waals surface area contributed by atoms with Crippen molar-refractivity contribution in [3.63, 3.8) is 0 Å². The molecular weight excluding hydrogens is 350 g/mol. The van der Waals surface area contributed by atoms with Crippen molar-refractivity contribution in [3.8, 4) is 11.4 Å². The van der Waals surface area contributed by atoms with Gasteiger partial charge in [0.2, 0.25) is 0 Å². The van der Waals surface area contributed by atoms with Crippen LogP contribution in [0, 0.1) is 0 Å². The maximum absolute atomic E-state index is 4.97. The number of benzene rings is 1. The van der Waals surface area contributed by atoms with Crippen molar-refractivity contribution in [1.82, 2.24) is 13.4 Å². The lowest BCUT2D eigenvalue weighted by molar-refractivity contribution is 0.869. The van der Waals surface area contributed by atoms with Crippen LogP contribution in [0.5, 0.6) is 0 Å². The molecule has 0 aliphatic carbocycles. The molecule has 0 saturated carbocycles. The first-order valence-corrected chi connectivity index (χ1v) is 10.0. The van der Waals surface area contributed by atoms with Gasteiger partial charge in [0.25, 0.3) is 0 Å². The van der Waals surface area contributed by atoms with E-state index in [1.165, 1.54) is 16.6 Å². The third-order valence-corrected chi connectivity index (χ3v) is 5.53. The number of imidazole rings is 1. The lowest BCUT2D eigenvalue weighted by Crippen LogP contribution is -1.96. The van der Waals surface area contributed by atoms with Crippen LogP contribution in [0.1, 0.15) is 43.5 Å². The lowest BCUT2D eigenvalue weighted by atomic mass is 10.1. The highest BCUT2D eigenvalue weighted by Gasteiger charge is 2.18. The molecule has 0 aliphatic heterocycles. The summed E-state index contributed by atoms with van der Waals surface area (Å²) in [6.45, 7) is 8.29. The van der Waals surface area contributed by atoms with Crippen molar-refractivity contribution in [3.05, 3.63) is 66.0 Å². The molecule has 0 amide bonds. The van der Waals surface area contributed by atoms with Gasteiger partial charge in [0, 0.05) is 11.6 Å². The number of hydrogen-bond acceptors (Lipinski definition) is 2. The lowest BCUT2D eigenvalue weighted by Gasteiger charge is -2.05. The fourth-order valence-corrected chi connectivity index (χ4v) is 4.09. The normalized spacial score (nSPS) is 11.5. The minimum Gasteiger partial charge on any atom is -0.303 e. The molecular formula is C23H25N3S. The second-order valence-electron chi connectivity index (χ2n) is 7.03. The van der Waals surface area contributed by atoms with Crippen molar-refractivity contribution >= 4 is 35.4 Å². The molecule has 4 rings (SSSR count). The number of aromatic nitrogens is 3. The summed E-state index contributed by atoms with van der Waals surface area (Å²) in [5.74, 6) is 0. The Kier molecular flexibility index (Phi) is 4.83. The number of rotatable bonds is 6. The van der Waals surface area contributed by atoms with Crippen LogP contribution in [0.3, 0.4) is 0 Å². The Balaban J connectivity index is 1.94. The minimum absolute atomic E-state index is 0.955. The molecule has 0 fully saturated rings. The summed E-state index contributed by atoms with van der Waals surface area (Å²) in [5.41, 5.74) is 7.83. The van der Waals surface area contributed by atoms with E-state index in [-0.39, 0.29) is 0 Å². The van der Waals surface area contributed by atoms with E-state index in [0.717, 1.165) is 53.8 Å². The third kappa shape index (κ3) is 3.08. The fourth-order valence-electron chi connectivity index (χ4n) is 3.76. The Labute approximate surface area is 165 Å². The Bertz CT molecular complexity index is 1130. The van der Waals surface area contributed by atoms with Crippen LogP contribution in [-0.4, -0.2) is 13.4 Å². The van der Waals surface area contributed by atoms with Gasteiger partial charge in [0.15, 0.2) is 0 Å². The maximum atomic E-state index is 4.97. The van der Waals surface area contributed by atoms with Crippen molar-refractivity contribution in [2.75, 3.05) is 0 Å². The molecule has 27 heavy (non-hydrogen) atoms. The quantitative estimate of drug-likeness (QED) is 0.398. The number of aryl methyl sites for hydroxylation is 2. The monoisotopic (exact) mass is 375 g/mol. The van der Waals surface area contributed by atoms with Crippen molar-refractivity contribution in [2.45, 2.75) is 39.5 Å². The first-order chi connectivity index (χ1) is 13.2. The number of hydrogen-bond donors (Lipinski definition) is 1. The van der Waals surface area contributed by atoms with E-state index >= 15 is 0 Å². The van der Waals surface area contributed by atoms with E-state index in [9.17, 15) is 0 Å². The summed E-state index contributed by atoms with van der Waals surface area (Å²) < 4.78 is 4.18. The summed E-state index contributed by atoms with van der Waals surface area (Å²) >= 11 is 4.83. The first kappa shape index (κ1) is 17.9. The zero-order valence-electron chi connectivity index (χ0n) is 15.9. The van der Waals surface area contributed by atoms with Crippen LogP contribution in [0.25, 0.3) is 34.0 Å². The number of pyridine rings is 1. The molecule has 4 heteroatoms. The minimum atomic E-state index is 0.955. The molecule has 0 bridgehead atoms. The predicted octanol–water partition coefficient (Wildman–Crippen LogP) is 6.20. The highest BCUT2D eigenvalue weighted by atomic mass is 32.1. The van der Waals surface area contributed by atoms with Gasteiger partial charge in [-0.2, -0.15) is 0 Å². The molecule has 138 valence electrons. The summed E-state index contributed by atoms with van der Waals surface area (Å²) in [6, 6.07) is 13.0. The van der Waals surface area contributed by atoms with Gasteiger partial charge in [-0.1, -0.05) is 64.3 Å². The Morgan fingerprint density at radius 3 is 2.63 bits per heavy atom. The second-order valence-corrected chi connectivity index (χ2v) is 7.43. The van der Waals surface area contributed by atoms with Crippen LogP contribution in [0.2, 0.25) is 0 Å². The first-order valence-electron chi connectivity index (χ1n) is 9.63. The number of nitrogens with zero attached hydrogens (tertiary/aromatic N) is 3. The molecule has 3 heterocycles. The Morgan fingerprint density at radius 1 is 1.07 bits per heavy atom. The molecule has 3 nitrogen and oxygen atoms in total. The van der Waals surface area contributed by atoms with E-state index in [2.05, 4.69) is 67.4 Å². The molecule has 1 aromatic carbocycles. The largest absolute Gasteiger partial charge is 0.303 e.